The molecule has 1 N–H and O–H groups in total. The van der Waals surface area contributed by atoms with Crippen LogP contribution in [0.15, 0.2) is 23.1 Å². The predicted molar refractivity (Wildman–Crippen MR) is 105 cm³/mol. The van der Waals surface area contributed by atoms with Crippen LogP contribution in [0.2, 0.25) is 0 Å². The number of rotatable bonds is 5. The fourth-order valence-corrected chi connectivity index (χ4v) is 3.35. The Balaban J connectivity index is 0.00000320. The van der Waals surface area contributed by atoms with E-state index in [-0.39, 0.29) is 35.1 Å². The summed E-state index contributed by atoms with van der Waals surface area (Å²) in [6, 6.07) is 3.57. The van der Waals surface area contributed by atoms with E-state index in [1.54, 1.807) is 31.4 Å². The minimum absolute atomic E-state index is 0. The zero-order valence-electron chi connectivity index (χ0n) is 17.9. The van der Waals surface area contributed by atoms with Crippen LogP contribution < -0.4 is 50.1 Å². The van der Waals surface area contributed by atoms with Crippen LogP contribution in [0, 0.1) is 0 Å². The third-order valence-electron chi connectivity index (χ3n) is 4.53. The number of benzene rings is 1. The standard InChI is InChI=1S/C21H26N2O6.Na/c1-21(2,3)29-20(27)22-7-4-6-13-10-14-17-16(11-13)28-9-5-8-23(17)12-15(18(14)24)19(25)26;/h10-12H,4-9H2,1-3H3,(H,22,27)(H,25,26);/q;+1/p-1. The number of nitrogens with zero attached hydrogens (tertiary/aromatic N) is 1. The van der Waals surface area contributed by atoms with Crippen LogP contribution in [0.4, 0.5) is 4.79 Å². The SMILES string of the molecule is CC(C)(C)OC(=O)NCCCc1cc2c3c(c1)c(=O)c(C(=O)[O-])cn3CCCO2.[Na+]. The summed E-state index contributed by atoms with van der Waals surface area (Å²) in [6.45, 7) is 6.83. The number of aromatic carboxylic acids is 1. The average Bonchev–Trinajstić information content (AvgIpc) is 2.82. The van der Waals surface area contributed by atoms with Crippen LogP contribution in [0.3, 0.4) is 0 Å². The molecule has 0 radical (unpaired) electrons. The van der Waals surface area contributed by atoms with Crippen LogP contribution in [-0.2, 0) is 17.7 Å². The Morgan fingerprint density at radius 2 is 2.03 bits per heavy atom. The van der Waals surface area contributed by atoms with E-state index in [0.717, 1.165) is 5.56 Å². The number of carbonyl (C=O) groups excluding carboxylic acids is 2. The summed E-state index contributed by atoms with van der Waals surface area (Å²) >= 11 is 0. The Labute approximate surface area is 196 Å². The number of carbonyl (C=O) groups is 2. The molecule has 1 aliphatic rings. The molecule has 0 unspecified atom stereocenters. The summed E-state index contributed by atoms with van der Waals surface area (Å²) in [4.78, 5) is 35.8. The number of ether oxygens (including phenoxy) is 2. The van der Waals surface area contributed by atoms with Crippen LogP contribution in [-0.4, -0.2) is 35.4 Å². The smallest absolute Gasteiger partial charge is 0.545 e. The maximum atomic E-state index is 12.7. The van der Waals surface area contributed by atoms with E-state index in [4.69, 9.17) is 9.47 Å². The maximum absolute atomic E-state index is 12.7. The van der Waals surface area contributed by atoms with Gasteiger partial charge in [0.1, 0.15) is 11.4 Å². The van der Waals surface area contributed by atoms with E-state index in [9.17, 15) is 19.5 Å². The van der Waals surface area contributed by atoms with Gasteiger partial charge in [0.05, 0.1) is 29.0 Å². The van der Waals surface area contributed by atoms with Crippen molar-refractivity contribution in [2.45, 2.75) is 52.2 Å². The first-order valence-electron chi connectivity index (χ1n) is 9.67. The number of aromatic nitrogens is 1. The second-order valence-corrected chi connectivity index (χ2v) is 8.08. The number of nitrogens with one attached hydrogen (secondary N) is 1. The minimum atomic E-state index is -1.49. The minimum Gasteiger partial charge on any atom is -0.545 e. The van der Waals surface area contributed by atoms with Crippen molar-refractivity contribution < 1.29 is 53.7 Å². The molecule has 0 saturated heterocycles. The third-order valence-corrected chi connectivity index (χ3v) is 4.53. The van der Waals surface area contributed by atoms with Crippen molar-refractivity contribution >= 4 is 23.0 Å². The molecule has 0 aliphatic carbocycles. The topological polar surface area (TPSA) is 110 Å². The number of hydrogen-bond donors (Lipinski definition) is 1. The first-order valence-corrected chi connectivity index (χ1v) is 9.67. The molecule has 8 nitrogen and oxygen atoms in total. The second kappa shape index (κ2) is 9.85. The molecule has 0 fully saturated rings. The van der Waals surface area contributed by atoms with Crippen molar-refractivity contribution in [3.8, 4) is 5.75 Å². The first kappa shape index (κ1) is 24.2. The Hall–Kier alpha value is -2.03. The fraction of sp³-hybridized carbons (Fsp3) is 0.476. The normalized spacial score (nSPS) is 13.0. The van der Waals surface area contributed by atoms with Gasteiger partial charge in [-0.1, -0.05) is 0 Å². The van der Waals surface area contributed by atoms with Gasteiger partial charge in [-0.15, -0.1) is 0 Å². The van der Waals surface area contributed by atoms with Crippen molar-refractivity contribution in [2.75, 3.05) is 13.2 Å². The molecule has 0 atom stereocenters. The van der Waals surface area contributed by atoms with Gasteiger partial charge in [0.25, 0.3) is 0 Å². The molecule has 1 aromatic heterocycles. The number of aryl methyl sites for hydroxylation is 2. The largest absolute Gasteiger partial charge is 1.00 e. The van der Waals surface area contributed by atoms with Gasteiger partial charge in [-0.05, 0) is 57.7 Å². The average molecular weight is 424 g/mol. The molecule has 3 rings (SSSR count). The monoisotopic (exact) mass is 424 g/mol. The van der Waals surface area contributed by atoms with Crippen LogP contribution in [0.1, 0.15) is 49.5 Å². The Bertz CT molecular complexity index is 1010. The maximum Gasteiger partial charge on any atom is 1.00 e. The number of hydrogen-bond acceptors (Lipinski definition) is 6. The van der Waals surface area contributed by atoms with Gasteiger partial charge in [0.15, 0.2) is 5.43 Å². The fourth-order valence-electron chi connectivity index (χ4n) is 3.35. The molecular weight excluding hydrogens is 399 g/mol. The summed E-state index contributed by atoms with van der Waals surface area (Å²) in [7, 11) is 0. The van der Waals surface area contributed by atoms with Gasteiger partial charge in [0.2, 0.25) is 0 Å². The van der Waals surface area contributed by atoms with Crippen molar-refractivity contribution in [3.63, 3.8) is 0 Å². The summed E-state index contributed by atoms with van der Waals surface area (Å²) in [5, 5.41) is 14.4. The zero-order chi connectivity index (χ0) is 21.2. The summed E-state index contributed by atoms with van der Waals surface area (Å²) in [6.07, 6.45) is 2.76. The van der Waals surface area contributed by atoms with Crippen molar-refractivity contribution in [1.29, 1.82) is 0 Å². The molecule has 1 aliphatic heterocycles. The van der Waals surface area contributed by atoms with Gasteiger partial charge in [-0.3, -0.25) is 4.79 Å². The molecule has 0 saturated carbocycles. The summed E-state index contributed by atoms with van der Waals surface area (Å²) in [5.41, 5.74) is -0.0455. The van der Waals surface area contributed by atoms with E-state index in [0.29, 0.717) is 55.6 Å². The van der Waals surface area contributed by atoms with E-state index in [1.165, 1.54) is 6.20 Å². The molecule has 0 bridgehead atoms. The number of carboxylic acids is 1. The van der Waals surface area contributed by atoms with Crippen LogP contribution in [0.25, 0.3) is 10.9 Å². The molecule has 2 heterocycles. The van der Waals surface area contributed by atoms with Gasteiger partial charge < -0.3 is 29.3 Å². The molecule has 1 aromatic carbocycles. The predicted octanol–water partition coefficient (Wildman–Crippen LogP) is -1.39. The van der Waals surface area contributed by atoms with Gasteiger partial charge in [-0.25, -0.2) is 4.79 Å². The van der Waals surface area contributed by atoms with E-state index in [2.05, 4.69) is 5.32 Å². The number of amides is 1. The quantitative estimate of drug-likeness (QED) is 0.468. The zero-order valence-corrected chi connectivity index (χ0v) is 19.9. The molecule has 0 spiro atoms. The molecule has 1 amide bonds. The number of alkyl carbamates (subject to hydrolysis) is 1. The number of carboxylic acid groups (broad SMARTS) is 1. The summed E-state index contributed by atoms with van der Waals surface area (Å²) < 4.78 is 12.7. The van der Waals surface area contributed by atoms with E-state index >= 15 is 0 Å². The molecule has 9 heteroatoms. The molecule has 30 heavy (non-hydrogen) atoms. The van der Waals surface area contributed by atoms with Crippen molar-refractivity contribution in [3.05, 3.63) is 39.7 Å². The number of pyridine rings is 1. The summed E-state index contributed by atoms with van der Waals surface area (Å²) in [5.74, 6) is -0.920. The Morgan fingerprint density at radius 1 is 1.30 bits per heavy atom. The van der Waals surface area contributed by atoms with Crippen LogP contribution >= 0.6 is 0 Å². The molecule has 2 aromatic rings. The first-order chi connectivity index (χ1) is 13.7. The van der Waals surface area contributed by atoms with E-state index < -0.39 is 23.1 Å². The van der Waals surface area contributed by atoms with Gasteiger partial charge in [-0.2, -0.15) is 0 Å². The molecule has 156 valence electrons. The Kier molecular flexibility index (Phi) is 7.96. The van der Waals surface area contributed by atoms with Gasteiger partial charge >= 0.3 is 35.7 Å². The Morgan fingerprint density at radius 3 is 2.70 bits per heavy atom. The van der Waals surface area contributed by atoms with E-state index in [1.807, 2.05) is 6.07 Å². The second-order valence-electron chi connectivity index (χ2n) is 8.08. The third kappa shape index (κ3) is 5.77. The van der Waals surface area contributed by atoms with Crippen molar-refractivity contribution in [2.24, 2.45) is 0 Å². The molecular formula is C21H25N2NaO6. The van der Waals surface area contributed by atoms with Crippen LogP contribution in [0.5, 0.6) is 5.75 Å². The van der Waals surface area contributed by atoms with Gasteiger partial charge in [0, 0.05) is 19.3 Å². The van der Waals surface area contributed by atoms with Crippen molar-refractivity contribution in [1.82, 2.24) is 9.88 Å².